The molecular formula is C16H20N4O2. The fraction of sp³-hybridized carbons (Fsp3) is 0.438. The molecule has 6 heteroatoms. The molecule has 1 N–H and O–H groups in total. The molecule has 0 radical (unpaired) electrons. The monoisotopic (exact) mass is 300 g/mol. The lowest BCUT2D eigenvalue weighted by Crippen LogP contribution is -2.33. The normalized spacial score (nSPS) is 14.0. The van der Waals surface area contributed by atoms with E-state index in [0.29, 0.717) is 12.5 Å². The third-order valence-corrected chi connectivity index (χ3v) is 3.69. The Hall–Kier alpha value is -2.37. The fourth-order valence-corrected chi connectivity index (χ4v) is 2.41. The van der Waals surface area contributed by atoms with Crippen molar-refractivity contribution in [1.29, 1.82) is 0 Å². The van der Waals surface area contributed by atoms with E-state index in [2.05, 4.69) is 10.4 Å². The summed E-state index contributed by atoms with van der Waals surface area (Å²) in [4.78, 5) is 24.5. The summed E-state index contributed by atoms with van der Waals surface area (Å²) in [7, 11) is 0. The lowest BCUT2D eigenvalue weighted by molar-refractivity contribution is -0.121. The minimum atomic E-state index is -0.250. The topological polar surface area (TPSA) is 68.9 Å². The van der Waals surface area contributed by atoms with Gasteiger partial charge in [0.15, 0.2) is 0 Å². The molecule has 0 saturated heterocycles. The highest BCUT2D eigenvalue weighted by Crippen LogP contribution is 2.39. The molecule has 6 nitrogen and oxygen atoms in total. The molecule has 1 aromatic heterocycles. The van der Waals surface area contributed by atoms with Crippen LogP contribution in [0.25, 0.3) is 5.69 Å². The molecule has 0 aliphatic heterocycles. The van der Waals surface area contributed by atoms with Crippen LogP contribution in [0.15, 0.2) is 35.1 Å². The van der Waals surface area contributed by atoms with Crippen molar-refractivity contribution in [1.82, 2.24) is 19.7 Å². The SMILES string of the molecule is CCCNC(=O)Cn1nc(C2CC2)n(-c2ccccc2)c1=O. The first kappa shape index (κ1) is 14.6. The third-order valence-electron chi connectivity index (χ3n) is 3.69. The summed E-state index contributed by atoms with van der Waals surface area (Å²) in [5.41, 5.74) is 0.550. The molecule has 0 unspecified atom stereocenters. The molecule has 1 aliphatic carbocycles. The highest BCUT2D eigenvalue weighted by Gasteiger charge is 2.31. The van der Waals surface area contributed by atoms with Crippen LogP contribution in [0.3, 0.4) is 0 Å². The van der Waals surface area contributed by atoms with Crippen molar-refractivity contribution in [2.24, 2.45) is 0 Å². The number of carbonyl (C=O) groups is 1. The van der Waals surface area contributed by atoms with Crippen LogP contribution < -0.4 is 11.0 Å². The number of hydrogen-bond donors (Lipinski definition) is 1. The molecule has 1 aromatic carbocycles. The Morgan fingerprint density at radius 3 is 2.68 bits per heavy atom. The summed E-state index contributed by atoms with van der Waals surface area (Å²) in [5.74, 6) is 0.913. The van der Waals surface area contributed by atoms with Crippen LogP contribution in [0, 0.1) is 0 Å². The number of benzene rings is 1. The Morgan fingerprint density at radius 2 is 2.05 bits per heavy atom. The molecule has 116 valence electrons. The van der Waals surface area contributed by atoms with Crippen LogP contribution in [0.5, 0.6) is 0 Å². The maximum Gasteiger partial charge on any atom is 0.351 e. The van der Waals surface area contributed by atoms with Gasteiger partial charge < -0.3 is 5.32 Å². The van der Waals surface area contributed by atoms with E-state index in [1.165, 1.54) is 4.68 Å². The summed E-state index contributed by atoms with van der Waals surface area (Å²) in [5, 5.41) is 7.18. The average Bonchev–Trinajstić information content (AvgIpc) is 3.32. The molecule has 1 fully saturated rings. The van der Waals surface area contributed by atoms with Crippen molar-refractivity contribution in [3.63, 3.8) is 0 Å². The van der Waals surface area contributed by atoms with Gasteiger partial charge in [-0.1, -0.05) is 25.1 Å². The molecule has 0 spiro atoms. The molecule has 1 saturated carbocycles. The van der Waals surface area contributed by atoms with E-state index >= 15 is 0 Å². The molecule has 1 heterocycles. The van der Waals surface area contributed by atoms with Crippen LogP contribution in [0.1, 0.15) is 37.9 Å². The smallest absolute Gasteiger partial charge is 0.351 e. The Bertz CT molecular complexity index is 713. The van der Waals surface area contributed by atoms with Gasteiger partial charge in [0.2, 0.25) is 5.91 Å². The summed E-state index contributed by atoms with van der Waals surface area (Å²) in [6, 6.07) is 9.47. The van der Waals surface area contributed by atoms with E-state index in [1.807, 2.05) is 37.3 Å². The number of hydrogen-bond acceptors (Lipinski definition) is 3. The van der Waals surface area contributed by atoms with Crippen LogP contribution in [-0.4, -0.2) is 26.8 Å². The standard InChI is InChI=1S/C16H20N4O2/c1-2-10-17-14(21)11-19-16(22)20(13-6-4-3-5-7-13)15(18-19)12-8-9-12/h3-7,12H,2,8-11H2,1H3,(H,17,21). The van der Waals surface area contributed by atoms with Crippen molar-refractivity contribution in [2.75, 3.05) is 6.54 Å². The van der Waals surface area contributed by atoms with Gasteiger partial charge in [-0.15, -0.1) is 0 Å². The Kier molecular flexibility index (Phi) is 4.09. The quantitative estimate of drug-likeness (QED) is 0.877. The molecule has 0 atom stereocenters. The Labute approximate surface area is 128 Å². The second-order valence-electron chi connectivity index (χ2n) is 5.59. The number of para-hydroxylation sites is 1. The van der Waals surface area contributed by atoms with E-state index < -0.39 is 0 Å². The van der Waals surface area contributed by atoms with Gasteiger partial charge in [-0.25, -0.2) is 14.0 Å². The van der Waals surface area contributed by atoms with Crippen LogP contribution in [-0.2, 0) is 11.3 Å². The van der Waals surface area contributed by atoms with Crippen molar-refractivity contribution in [3.8, 4) is 5.69 Å². The van der Waals surface area contributed by atoms with Crippen molar-refractivity contribution < 1.29 is 4.79 Å². The van der Waals surface area contributed by atoms with Gasteiger partial charge in [-0.2, -0.15) is 5.10 Å². The largest absolute Gasteiger partial charge is 0.355 e. The zero-order valence-corrected chi connectivity index (χ0v) is 12.7. The van der Waals surface area contributed by atoms with E-state index in [0.717, 1.165) is 30.8 Å². The summed E-state index contributed by atoms with van der Waals surface area (Å²) < 4.78 is 2.90. The van der Waals surface area contributed by atoms with Gasteiger partial charge in [-0.05, 0) is 31.4 Å². The molecule has 2 aromatic rings. The zero-order chi connectivity index (χ0) is 15.5. The van der Waals surface area contributed by atoms with Crippen LogP contribution >= 0.6 is 0 Å². The first-order valence-corrected chi connectivity index (χ1v) is 7.72. The summed E-state index contributed by atoms with van der Waals surface area (Å²) in [6.07, 6.45) is 2.96. The van der Waals surface area contributed by atoms with Crippen LogP contribution in [0.2, 0.25) is 0 Å². The van der Waals surface area contributed by atoms with Crippen LogP contribution in [0.4, 0.5) is 0 Å². The lowest BCUT2D eigenvalue weighted by Gasteiger charge is -2.03. The molecule has 1 aliphatic rings. The van der Waals surface area contributed by atoms with E-state index in [1.54, 1.807) is 4.57 Å². The van der Waals surface area contributed by atoms with E-state index in [9.17, 15) is 9.59 Å². The molecule has 1 amide bonds. The first-order chi connectivity index (χ1) is 10.7. The fourth-order valence-electron chi connectivity index (χ4n) is 2.41. The minimum absolute atomic E-state index is 0.0294. The lowest BCUT2D eigenvalue weighted by atomic mass is 10.3. The minimum Gasteiger partial charge on any atom is -0.355 e. The number of carbonyl (C=O) groups excluding carboxylic acids is 1. The van der Waals surface area contributed by atoms with E-state index in [4.69, 9.17) is 0 Å². The predicted octanol–water partition coefficient (Wildman–Crippen LogP) is 1.44. The van der Waals surface area contributed by atoms with E-state index in [-0.39, 0.29) is 18.1 Å². The highest BCUT2D eigenvalue weighted by molar-refractivity contribution is 5.75. The van der Waals surface area contributed by atoms with Gasteiger partial charge in [0.05, 0.1) is 5.69 Å². The van der Waals surface area contributed by atoms with Crippen molar-refractivity contribution >= 4 is 5.91 Å². The molecule has 3 rings (SSSR count). The van der Waals surface area contributed by atoms with Gasteiger partial charge >= 0.3 is 5.69 Å². The molecule has 22 heavy (non-hydrogen) atoms. The highest BCUT2D eigenvalue weighted by atomic mass is 16.2. The second kappa shape index (κ2) is 6.17. The Morgan fingerprint density at radius 1 is 1.32 bits per heavy atom. The van der Waals surface area contributed by atoms with Gasteiger partial charge in [0.25, 0.3) is 0 Å². The number of nitrogens with zero attached hydrogens (tertiary/aromatic N) is 3. The number of rotatable bonds is 6. The van der Waals surface area contributed by atoms with Gasteiger partial charge in [0, 0.05) is 12.5 Å². The molecule has 0 bridgehead atoms. The molecular weight excluding hydrogens is 280 g/mol. The number of amides is 1. The first-order valence-electron chi connectivity index (χ1n) is 7.72. The number of nitrogens with one attached hydrogen (secondary N) is 1. The van der Waals surface area contributed by atoms with Crippen molar-refractivity contribution in [3.05, 3.63) is 46.6 Å². The Balaban J connectivity index is 1.93. The maximum absolute atomic E-state index is 12.6. The third kappa shape index (κ3) is 2.95. The van der Waals surface area contributed by atoms with Gasteiger partial charge in [0.1, 0.15) is 12.4 Å². The predicted molar refractivity (Wildman–Crippen MR) is 83.1 cm³/mol. The summed E-state index contributed by atoms with van der Waals surface area (Å²) >= 11 is 0. The van der Waals surface area contributed by atoms with Gasteiger partial charge in [-0.3, -0.25) is 4.79 Å². The second-order valence-corrected chi connectivity index (χ2v) is 5.59. The maximum atomic E-state index is 12.6. The average molecular weight is 300 g/mol. The summed E-state index contributed by atoms with van der Waals surface area (Å²) in [6.45, 7) is 2.57. The van der Waals surface area contributed by atoms with Crippen molar-refractivity contribution in [2.45, 2.75) is 38.6 Å². The zero-order valence-electron chi connectivity index (χ0n) is 12.7. The number of aromatic nitrogens is 3.